The summed E-state index contributed by atoms with van der Waals surface area (Å²) in [7, 11) is 1.01. The van der Waals surface area contributed by atoms with Crippen LogP contribution >= 0.6 is 11.6 Å². The summed E-state index contributed by atoms with van der Waals surface area (Å²) in [4.78, 5) is 17.2. The Labute approximate surface area is 147 Å². The molecule has 3 aromatic rings. The molecule has 3 rings (SSSR count). The second kappa shape index (κ2) is 7.10. The minimum absolute atomic E-state index is 0.124. The van der Waals surface area contributed by atoms with E-state index in [-0.39, 0.29) is 5.91 Å². The van der Waals surface area contributed by atoms with Crippen LogP contribution in [0, 0.1) is 0 Å². The number of aromatic nitrogens is 2. The normalized spacial score (nSPS) is 10.8. The lowest BCUT2D eigenvalue weighted by atomic mass is 9.73. The van der Waals surface area contributed by atoms with Crippen LogP contribution in [0.4, 0.5) is 0 Å². The molecular weight excluding hydrogens is 320 g/mol. The van der Waals surface area contributed by atoms with Gasteiger partial charge in [-0.25, -0.2) is 4.98 Å². The van der Waals surface area contributed by atoms with Gasteiger partial charge < -0.3 is 5.32 Å². The first-order chi connectivity index (χ1) is 11.6. The molecule has 0 aliphatic rings. The molecule has 1 amide bonds. The molecule has 0 spiro atoms. The molecule has 0 radical (unpaired) electrons. The third-order valence-electron chi connectivity index (χ3n) is 4.09. The highest BCUT2D eigenvalue weighted by Gasteiger charge is 2.18. The molecule has 24 heavy (non-hydrogen) atoms. The van der Waals surface area contributed by atoms with Crippen LogP contribution in [-0.2, 0) is 13.0 Å². The predicted molar refractivity (Wildman–Crippen MR) is 99.8 cm³/mol. The van der Waals surface area contributed by atoms with Gasteiger partial charge in [0.25, 0.3) is 5.91 Å². The number of benzene rings is 1. The zero-order valence-electron chi connectivity index (χ0n) is 13.8. The highest BCUT2D eigenvalue weighted by Crippen LogP contribution is 2.17. The Morgan fingerprint density at radius 2 is 2.04 bits per heavy atom. The highest BCUT2D eigenvalue weighted by molar-refractivity contribution is 6.51. The van der Waals surface area contributed by atoms with Crippen LogP contribution in [0.15, 0.2) is 42.6 Å². The number of carbonyl (C=O) groups excluding carboxylic acids is 1. The number of nitrogens with one attached hydrogen (secondary N) is 1. The van der Waals surface area contributed by atoms with Gasteiger partial charge in [0, 0.05) is 23.8 Å². The van der Waals surface area contributed by atoms with Gasteiger partial charge in [-0.05, 0) is 18.1 Å². The second-order valence-corrected chi connectivity index (χ2v) is 6.12. The van der Waals surface area contributed by atoms with Crippen molar-refractivity contribution >= 4 is 35.9 Å². The van der Waals surface area contributed by atoms with Gasteiger partial charge in [-0.1, -0.05) is 55.1 Å². The standard InChI is InChI=1S/C18H19BClN3O/c1-3-15-17(23-9-8-14(20)10-16(23)22-15)18(24)21-11-12-4-6-13(19-2)7-5-12/h4-10,19H,3,11H2,1-2H3,(H,21,24). The summed E-state index contributed by atoms with van der Waals surface area (Å²) < 4.78 is 1.79. The Bertz CT molecular complexity index is 874. The van der Waals surface area contributed by atoms with E-state index in [1.165, 1.54) is 5.46 Å². The lowest BCUT2D eigenvalue weighted by Gasteiger charge is -2.07. The lowest BCUT2D eigenvalue weighted by Crippen LogP contribution is -2.25. The van der Waals surface area contributed by atoms with Crippen molar-refractivity contribution in [1.29, 1.82) is 0 Å². The number of aryl methyl sites for hydroxylation is 1. The number of carbonyl (C=O) groups is 1. The van der Waals surface area contributed by atoms with Crippen molar-refractivity contribution in [1.82, 2.24) is 14.7 Å². The summed E-state index contributed by atoms with van der Waals surface area (Å²) >= 11 is 6.02. The maximum Gasteiger partial charge on any atom is 0.270 e. The number of rotatable bonds is 5. The summed E-state index contributed by atoms with van der Waals surface area (Å²) in [5.74, 6) is -0.124. The van der Waals surface area contributed by atoms with Gasteiger partial charge in [0.05, 0.1) is 5.69 Å². The quantitative estimate of drug-likeness (QED) is 0.726. The molecule has 0 aliphatic heterocycles. The van der Waals surface area contributed by atoms with Crippen molar-refractivity contribution in [2.75, 3.05) is 0 Å². The molecule has 1 aromatic carbocycles. The summed E-state index contributed by atoms with van der Waals surface area (Å²) in [6.45, 7) is 4.61. The maximum atomic E-state index is 12.7. The molecule has 0 aliphatic carbocycles. The van der Waals surface area contributed by atoms with Crippen LogP contribution in [0.25, 0.3) is 5.65 Å². The van der Waals surface area contributed by atoms with E-state index >= 15 is 0 Å². The van der Waals surface area contributed by atoms with Gasteiger partial charge in [0.15, 0.2) is 7.28 Å². The molecule has 0 bridgehead atoms. The molecule has 2 aromatic heterocycles. The number of hydrogen-bond acceptors (Lipinski definition) is 2. The fourth-order valence-corrected chi connectivity index (χ4v) is 2.87. The molecule has 0 saturated heterocycles. The summed E-state index contributed by atoms with van der Waals surface area (Å²) in [5.41, 5.74) is 4.41. The fourth-order valence-electron chi connectivity index (χ4n) is 2.71. The maximum absolute atomic E-state index is 12.7. The lowest BCUT2D eigenvalue weighted by molar-refractivity contribution is 0.0944. The molecule has 2 heterocycles. The van der Waals surface area contributed by atoms with Crippen LogP contribution < -0.4 is 10.8 Å². The van der Waals surface area contributed by atoms with Gasteiger partial charge in [-0.3, -0.25) is 9.20 Å². The number of amides is 1. The molecule has 1 N–H and O–H groups in total. The number of imidazole rings is 1. The van der Waals surface area contributed by atoms with E-state index in [2.05, 4.69) is 29.3 Å². The average Bonchev–Trinajstić information content (AvgIpc) is 2.97. The first-order valence-corrected chi connectivity index (χ1v) is 8.52. The first-order valence-electron chi connectivity index (χ1n) is 8.14. The molecule has 4 nitrogen and oxygen atoms in total. The number of pyridine rings is 1. The Balaban J connectivity index is 1.82. The van der Waals surface area contributed by atoms with Crippen molar-refractivity contribution in [2.24, 2.45) is 0 Å². The monoisotopic (exact) mass is 339 g/mol. The van der Waals surface area contributed by atoms with Gasteiger partial charge in [-0.15, -0.1) is 0 Å². The van der Waals surface area contributed by atoms with E-state index in [1.54, 1.807) is 22.7 Å². The smallest absolute Gasteiger partial charge is 0.270 e. The Morgan fingerprint density at radius 1 is 1.29 bits per heavy atom. The fraction of sp³-hybridized carbons (Fsp3) is 0.222. The first kappa shape index (κ1) is 16.6. The second-order valence-electron chi connectivity index (χ2n) is 5.69. The van der Waals surface area contributed by atoms with Gasteiger partial charge in [0.2, 0.25) is 0 Å². The van der Waals surface area contributed by atoms with Gasteiger partial charge in [-0.2, -0.15) is 0 Å². The molecular formula is C18H19BClN3O. The average molecular weight is 340 g/mol. The number of hydrogen-bond donors (Lipinski definition) is 1. The van der Waals surface area contributed by atoms with E-state index < -0.39 is 0 Å². The Hall–Kier alpha value is -2.27. The minimum Gasteiger partial charge on any atom is -0.347 e. The van der Waals surface area contributed by atoms with E-state index in [0.717, 1.165) is 18.5 Å². The summed E-state index contributed by atoms with van der Waals surface area (Å²) in [6.07, 6.45) is 2.47. The van der Waals surface area contributed by atoms with Crippen LogP contribution in [0.3, 0.4) is 0 Å². The minimum atomic E-state index is -0.124. The molecule has 6 heteroatoms. The zero-order chi connectivity index (χ0) is 17.1. The van der Waals surface area contributed by atoms with Crippen molar-refractivity contribution in [2.45, 2.75) is 26.7 Å². The zero-order valence-corrected chi connectivity index (χ0v) is 14.6. The SMILES string of the molecule is CBc1ccc(CNC(=O)c2c(CC)nc3cc(Cl)ccn23)cc1. The van der Waals surface area contributed by atoms with Crippen LogP contribution in [0.1, 0.15) is 28.7 Å². The Kier molecular flexibility index (Phi) is 4.90. The highest BCUT2D eigenvalue weighted by atomic mass is 35.5. The van der Waals surface area contributed by atoms with Crippen molar-refractivity contribution in [3.8, 4) is 0 Å². The largest absolute Gasteiger partial charge is 0.347 e. The Morgan fingerprint density at radius 3 is 2.71 bits per heavy atom. The third-order valence-corrected chi connectivity index (χ3v) is 4.33. The van der Waals surface area contributed by atoms with Gasteiger partial charge in [0.1, 0.15) is 11.3 Å². The molecule has 0 atom stereocenters. The summed E-state index contributed by atoms with van der Waals surface area (Å²) in [6, 6.07) is 11.8. The molecule has 0 fully saturated rings. The van der Waals surface area contributed by atoms with Crippen LogP contribution in [0.2, 0.25) is 11.8 Å². The number of nitrogens with zero attached hydrogens (tertiary/aromatic N) is 2. The van der Waals surface area contributed by atoms with Gasteiger partial charge >= 0.3 is 0 Å². The van der Waals surface area contributed by atoms with Crippen molar-refractivity contribution in [3.05, 3.63) is 64.6 Å². The molecule has 0 saturated carbocycles. The molecule has 0 unspecified atom stereocenters. The van der Waals surface area contributed by atoms with E-state index in [0.29, 0.717) is 29.3 Å². The predicted octanol–water partition coefficient (Wildman–Crippen LogP) is 2.59. The number of fused-ring (bicyclic) bond motifs is 1. The molecule has 122 valence electrons. The number of halogens is 1. The topological polar surface area (TPSA) is 46.4 Å². The van der Waals surface area contributed by atoms with Crippen molar-refractivity contribution < 1.29 is 4.79 Å². The third kappa shape index (κ3) is 3.31. The van der Waals surface area contributed by atoms with E-state index in [9.17, 15) is 4.79 Å². The summed E-state index contributed by atoms with van der Waals surface area (Å²) in [5, 5.41) is 3.60. The van der Waals surface area contributed by atoms with Crippen LogP contribution in [0.5, 0.6) is 0 Å². The van der Waals surface area contributed by atoms with E-state index in [4.69, 9.17) is 11.6 Å². The van der Waals surface area contributed by atoms with Crippen molar-refractivity contribution in [3.63, 3.8) is 0 Å². The van der Waals surface area contributed by atoms with Crippen LogP contribution in [-0.4, -0.2) is 22.6 Å². The van der Waals surface area contributed by atoms with E-state index in [1.807, 2.05) is 19.1 Å².